The number of carbonyl (C=O) groups excluding carboxylic acids is 1. The highest BCUT2D eigenvalue weighted by atomic mass is 19.4. The van der Waals surface area contributed by atoms with Crippen LogP contribution in [0.25, 0.3) is 0 Å². The molecule has 7 heteroatoms. The molecule has 0 bridgehead atoms. The standard InChI is InChI=1S/C10H13F3N2O2/c1-2-3-7(16)6-9-14-8(15-17-9)4-5-10(11,12)13/h2-6H2,1H3. The number of nitrogens with zero attached hydrogens (tertiary/aromatic N) is 2. The molecule has 0 fully saturated rings. The molecule has 1 aromatic rings. The third kappa shape index (κ3) is 5.46. The van der Waals surface area contributed by atoms with E-state index in [0.29, 0.717) is 12.8 Å². The van der Waals surface area contributed by atoms with Crippen molar-refractivity contribution in [1.29, 1.82) is 0 Å². The van der Waals surface area contributed by atoms with Gasteiger partial charge in [-0.1, -0.05) is 12.1 Å². The van der Waals surface area contributed by atoms with E-state index < -0.39 is 12.6 Å². The summed E-state index contributed by atoms with van der Waals surface area (Å²) < 4.78 is 40.5. The highest BCUT2D eigenvalue weighted by Gasteiger charge is 2.27. The SMILES string of the molecule is CCCC(=O)Cc1nc(CCC(F)(F)F)no1. The monoisotopic (exact) mass is 250 g/mol. The predicted octanol–water partition coefficient (Wildman–Crippen LogP) is 2.48. The number of halogens is 3. The normalized spacial score (nSPS) is 11.8. The number of hydrogen-bond donors (Lipinski definition) is 0. The molecule has 17 heavy (non-hydrogen) atoms. The van der Waals surface area contributed by atoms with Crippen molar-refractivity contribution in [3.8, 4) is 0 Å². The zero-order chi connectivity index (χ0) is 12.9. The van der Waals surface area contributed by atoms with Crippen LogP contribution >= 0.6 is 0 Å². The first kappa shape index (κ1) is 13.7. The average Bonchev–Trinajstić information content (AvgIpc) is 2.62. The Labute approximate surface area is 96.2 Å². The Hall–Kier alpha value is -1.40. The van der Waals surface area contributed by atoms with Crippen LogP contribution < -0.4 is 0 Å². The Morgan fingerprint density at radius 2 is 2.12 bits per heavy atom. The Bertz CT molecular complexity index is 374. The average molecular weight is 250 g/mol. The number of Topliss-reactive ketones (excluding diaryl/α,β-unsaturated/α-hetero) is 1. The van der Waals surface area contributed by atoms with Gasteiger partial charge in [-0.3, -0.25) is 4.79 Å². The lowest BCUT2D eigenvalue weighted by Gasteiger charge is -2.01. The summed E-state index contributed by atoms with van der Waals surface area (Å²) in [7, 11) is 0. The summed E-state index contributed by atoms with van der Waals surface area (Å²) in [6, 6.07) is 0. The fraction of sp³-hybridized carbons (Fsp3) is 0.700. The van der Waals surface area contributed by atoms with Crippen LogP contribution in [0.15, 0.2) is 4.52 Å². The molecule has 0 unspecified atom stereocenters. The van der Waals surface area contributed by atoms with Gasteiger partial charge in [0.05, 0.1) is 12.8 Å². The zero-order valence-electron chi connectivity index (χ0n) is 9.38. The first-order valence-corrected chi connectivity index (χ1v) is 5.30. The van der Waals surface area contributed by atoms with Crippen LogP contribution in [0.3, 0.4) is 0 Å². The molecule has 96 valence electrons. The summed E-state index contributed by atoms with van der Waals surface area (Å²) in [5.41, 5.74) is 0. The molecule has 0 aliphatic carbocycles. The number of rotatable bonds is 6. The molecule has 0 spiro atoms. The second kappa shape index (κ2) is 5.79. The van der Waals surface area contributed by atoms with Gasteiger partial charge in [-0.2, -0.15) is 18.2 Å². The second-order valence-electron chi connectivity index (χ2n) is 3.68. The summed E-state index contributed by atoms with van der Waals surface area (Å²) in [4.78, 5) is 15.0. The van der Waals surface area contributed by atoms with Crippen molar-refractivity contribution in [1.82, 2.24) is 10.1 Å². The summed E-state index contributed by atoms with van der Waals surface area (Å²) in [6.07, 6.45) is -4.44. The Balaban J connectivity index is 2.45. The zero-order valence-corrected chi connectivity index (χ0v) is 9.38. The molecule has 0 amide bonds. The van der Waals surface area contributed by atoms with Crippen molar-refractivity contribution in [2.75, 3.05) is 0 Å². The molecule has 0 saturated heterocycles. The van der Waals surface area contributed by atoms with Crippen LogP contribution in [0.2, 0.25) is 0 Å². The molecule has 0 atom stereocenters. The summed E-state index contributed by atoms with van der Waals surface area (Å²) in [5.74, 6) is 0.0146. The van der Waals surface area contributed by atoms with E-state index in [1.165, 1.54) is 0 Å². The number of ketones is 1. The van der Waals surface area contributed by atoms with Crippen LogP contribution in [0.1, 0.15) is 37.9 Å². The van der Waals surface area contributed by atoms with E-state index in [2.05, 4.69) is 10.1 Å². The van der Waals surface area contributed by atoms with Crippen molar-refractivity contribution < 1.29 is 22.5 Å². The molecule has 0 aliphatic heterocycles. The molecule has 0 aromatic carbocycles. The highest BCUT2D eigenvalue weighted by molar-refractivity contribution is 5.79. The predicted molar refractivity (Wildman–Crippen MR) is 52.3 cm³/mol. The molecule has 1 aromatic heterocycles. The van der Waals surface area contributed by atoms with Crippen molar-refractivity contribution >= 4 is 5.78 Å². The first-order valence-electron chi connectivity index (χ1n) is 5.30. The highest BCUT2D eigenvalue weighted by Crippen LogP contribution is 2.21. The molecule has 0 N–H and O–H groups in total. The lowest BCUT2D eigenvalue weighted by molar-refractivity contribution is -0.134. The minimum absolute atomic E-state index is 0.00709. The van der Waals surface area contributed by atoms with Gasteiger partial charge in [0.15, 0.2) is 5.82 Å². The van der Waals surface area contributed by atoms with E-state index in [9.17, 15) is 18.0 Å². The molecule has 0 saturated carbocycles. The van der Waals surface area contributed by atoms with Gasteiger partial charge in [-0.25, -0.2) is 0 Å². The maximum atomic E-state index is 11.9. The van der Waals surface area contributed by atoms with E-state index in [-0.39, 0.29) is 30.3 Å². The lowest BCUT2D eigenvalue weighted by atomic mass is 10.2. The Morgan fingerprint density at radius 1 is 1.41 bits per heavy atom. The molecule has 0 radical (unpaired) electrons. The number of aromatic nitrogens is 2. The van der Waals surface area contributed by atoms with Crippen LogP contribution in [0.5, 0.6) is 0 Å². The second-order valence-corrected chi connectivity index (χ2v) is 3.68. The van der Waals surface area contributed by atoms with Crippen LogP contribution in [-0.2, 0) is 17.6 Å². The van der Waals surface area contributed by atoms with Gasteiger partial charge in [0, 0.05) is 12.8 Å². The largest absolute Gasteiger partial charge is 0.389 e. The van der Waals surface area contributed by atoms with Gasteiger partial charge in [0.2, 0.25) is 5.89 Å². The maximum Gasteiger partial charge on any atom is 0.389 e. The fourth-order valence-corrected chi connectivity index (χ4v) is 1.25. The molecular weight excluding hydrogens is 237 g/mol. The van der Waals surface area contributed by atoms with E-state index in [1.54, 1.807) is 0 Å². The Kier molecular flexibility index (Phi) is 4.65. The van der Waals surface area contributed by atoms with Gasteiger partial charge in [-0.05, 0) is 6.42 Å². The van der Waals surface area contributed by atoms with E-state index in [4.69, 9.17) is 4.52 Å². The van der Waals surface area contributed by atoms with Crippen LogP contribution in [-0.4, -0.2) is 22.1 Å². The van der Waals surface area contributed by atoms with Gasteiger partial charge in [-0.15, -0.1) is 0 Å². The summed E-state index contributed by atoms with van der Waals surface area (Å²) in [6.45, 7) is 1.86. The molecule has 0 aliphatic rings. The third-order valence-corrected chi connectivity index (χ3v) is 2.02. The lowest BCUT2D eigenvalue weighted by Crippen LogP contribution is -2.09. The summed E-state index contributed by atoms with van der Waals surface area (Å²) in [5, 5.41) is 3.39. The van der Waals surface area contributed by atoms with Crippen molar-refractivity contribution in [2.24, 2.45) is 0 Å². The molecule has 4 nitrogen and oxygen atoms in total. The quantitative estimate of drug-likeness (QED) is 0.778. The van der Waals surface area contributed by atoms with Gasteiger partial charge >= 0.3 is 6.18 Å². The van der Waals surface area contributed by atoms with Gasteiger partial charge in [0.25, 0.3) is 0 Å². The molecule has 1 heterocycles. The number of carbonyl (C=O) groups is 1. The number of hydrogen-bond acceptors (Lipinski definition) is 4. The summed E-state index contributed by atoms with van der Waals surface area (Å²) >= 11 is 0. The van der Waals surface area contributed by atoms with Gasteiger partial charge in [0.1, 0.15) is 5.78 Å². The minimum atomic E-state index is -4.24. The topological polar surface area (TPSA) is 56.0 Å². The van der Waals surface area contributed by atoms with Crippen molar-refractivity contribution in [3.63, 3.8) is 0 Å². The maximum absolute atomic E-state index is 11.9. The third-order valence-electron chi connectivity index (χ3n) is 2.02. The van der Waals surface area contributed by atoms with Crippen LogP contribution in [0, 0.1) is 0 Å². The number of aryl methyl sites for hydroxylation is 1. The van der Waals surface area contributed by atoms with Gasteiger partial charge < -0.3 is 4.52 Å². The number of alkyl halides is 3. The van der Waals surface area contributed by atoms with Crippen LogP contribution in [0.4, 0.5) is 13.2 Å². The molecule has 1 rings (SSSR count). The van der Waals surface area contributed by atoms with Crippen molar-refractivity contribution in [2.45, 2.75) is 45.2 Å². The Morgan fingerprint density at radius 3 is 2.71 bits per heavy atom. The smallest absolute Gasteiger partial charge is 0.339 e. The first-order chi connectivity index (χ1) is 7.90. The minimum Gasteiger partial charge on any atom is -0.339 e. The fourth-order valence-electron chi connectivity index (χ4n) is 1.25. The van der Waals surface area contributed by atoms with E-state index in [0.717, 1.165) is 0 Å². The van der Waals surface area contributed by atoms with Crippen molar-refractivity contribution in [3.05, 3.63) is 11.7 Å². The van der Waals surface area contributed by atoms with E-state index in [1.807, 2.05) is 6.92 Å². The molecular formula is C10H13F3N2O2. The van der Waals surface area contributed by atoms with E-state index >= 15 is 0 Å².